The van der Waals surface area contributed by atoms with Crippen LogP contribution in [0.5, 0.6) is 0 Å². The first-order valence-electron chi connectivity index (χ1n) is 15.5. The molecule has 1 fully saturated rings. The molecule has 1 aliphatic rings. The van der Waals surface area contributed by atoms with Crippen molar-refractivity contribution in [2.24, 2.45) is 11.8 Å². The third kappa shape index (κ3) is 4.16. The molecule has 1 atom stereocenters. The van der Waals surface area contributed by atoms with Gasteiger partial charge >= 0.3 is 0 Å². The quantitative estimate of drug-likeness (QED) is 0.239. The predicted molar refractivity (Wildman–Crippen MR) is 174 cm³/mol. The highest BCUT2D eigenvalue weighted by molar-refractivity contribution is 7.85. The molecule has 220 valence electrons. The maximum absolute atomic E-state index is 13.5. The van der Waals surface area contributed by atoms with Crippen molar-refractivity contribution in [3.8, 4) is 0 Å². The van der Waals surface area contributed by atoms with Crippen molar-refractivity contribution >= 4 is 35.9 Å². The van der Waals surface area contributed by atoms with Gasteiger partial charge in [-0.2, -0.15) is 0 Å². The first-order chi connectivity index (χ1) is 16.6. The van der Waals surface area contributed by atoms with Gasteiger partial charge in [-0.15, -0.1) is 0 Å². The molecular weight excluding hydrogens is 521 g/mol. The van der Waals surface area contributed by atoms with Crippen LogP contribution in [-0.4, -0.2) is 41.1 Å². The highest BCUT2D eigenvalue weighted by Gasteiger charge is 2.90. The minimum atomic E-state index is -2.91. The number of hydrogen-bond acceptors (Lipinski definition) is 3. The molecule has 1 unspecified atom stereocenters. The molecular formula is C30H66O3Si4. The zero-order valence-corrected chi connectivity index (χ0v) is 32.4. The molecule has 0 bridgehead atoms. The molecule has 37 heavy (non-hydrogen) atoms. The molecule has 0 radical (unpaired) electrons. The molecule has 0 N–H and O–H groups in total. The lowest BCUT2D eigenvalue weighted by Crippen LogP contribution is -3.02. The largest absolute Gasteiger partial charge is 0.519 e. The molecule has 3 nitrogen and oxygen atoms in total. The summed E-state index contributed by atoms with van der Waals surface area (Å²) >= 11 is 0. The number of rotatable bonds is 10. The lowest BCUT2D eigenvalue weighted by Gasteiger charge is -2.79. The zero-order valence-electron chi connectivity index (χ0n) is 28.4. The van der Waals surface area contributed by atoms with E-state index < -0.39 is 29.9 Å². The van der Waals surface area contributed by atoms with E-state index in [0.717, 1.165) is 0 Å². The molecule has 0 amide bonds. The van der Waals surface area contributed by atoms with E-state index in [2.05, 4.69) is 125 Å². The van der Waals surface area contributed by atoms with Gasteiger partial charge in [-0.3, -0.25) is 4.79 Å². The second-order valence-electron chi connectivity index (χ2n) is 15.1. The summed E-state index contributed by atoms with van der Waals surface area (Å²) in [6.45, 7) is 46.7. The molecule has 0 saturated carbocycles. The van der Waals surface area contributed by atoms with Crippen LogP contribution in [-0.2, 0) is 13.6 Å². The van der Waals surface area contributed by atoms with E-state index in [1.165, 1.54) is 0 Å². The summed E-state index contributed by atoms with van der Waals surface area (Å²) in [5, 5.41) is -0.380. The Kier molecular flexibility index (Phi) is 11.1. The van der Waals surface area contributed by atoms with Crippen LogP contribution >= 0.6 is 0 Å². The maximum atomic E-state index is 13.5. The van der Waals surface area contributed by atoms with Crippen LogP contribution in [0.3, 0.4) is 0 Å². The van der Waals surface area contributed by atoms with Gasteiger partial charge in [0.15, 0.2) is 7.83 Å². The maximum Gasteiger partial charge on any atom is 0.289 e. The van der Waals surface area contributed by atoms with Gasteiger partial charge in [-0.1, -0.05) is 147 Å². The SMILES string of the molecule is CC(=O)O[Si]1(C(C)C)C(C(C)C)(C(C)C)O[Si](C(C)C)(C(C)C)[Si](C(C)C)(C(C)C)[Si]1(C(C)C)C(C)C. The van der Waals surface area contributed by atoms with Crippen molar-refractivity contribution in [2.45, 2.75) is 176 Å². The Labute approximate surface area is 236 Å². The van der Waals surface area contributed by atoms with Crippen LogP contribution in [0, 0.1) is 11.8 Å². The molecule has 0 aromatic heterocycles. The summed E-state index contributed by atoms with van der Waals surface area (Å²) in [4.78, 5) is 13.5. The van der Waals surface area contributed by atoms with Crippen molar-refractivity contribution in [2.75, 3.05) is 0 Å². The fourth-order valence-corrected chi connectivity index (χ4v) is 117. The van der Waals surface area contributed by atoms with Crippen molar-refractivity contribution in [3.05, 3.63) is 0 Å². The summed E-state index contributed by atoms with van der Waals surface area (Å²) < 4.78 is 15.7. The molecule has 1 heterocycles. The van der Waals surface area contributed by atoms with Crippen molar-refractivity contribution in [3.63, 3.8) is 0 Å². The zero-order chi connectivity index (χ0) is 29.7. The van der Waals surface area contributed by atoms with Gasteiger partial charge < -0.3 is 8.85 Å². The monoisotopic (exact) mass is 586 g/mol. The van der Waals surface area contributed by atoms with Crippen molar-refractivity contribution in [1.29, 1.82) is 0 Å². The molecule has 0 spiro atoms. The molecule has 0 aliphatic carbocycles. The molecule has 7 heteroatoms. The average molecular weight is 587 g/mol. The first kappa shape index (κ1) is 35.3. The van der Waals surface area contributed by atoms with Gasteiger partial charge in [-0.05, 0) is 28.5 Å². The van der Waals surface area contributed by atoms with Crippen LogP contribution in [0.15, 0.2) is 0 Å². The van der Waals surface area contributed by atoms with Crippen molar-refractivity contribution in [1.82, 2.24) is 0 Å². The van der Waals surface area contributed by atoms with Crippen LogP contribution in [0.1, 0.15) is 132 Å². The number of carbonyl (C=O) groups excluding carboxylic acids is 1. The van der Waals surface area contributed by atoms with Crippen molar-refractivity contribution < 1.29 is 13.6 Å². The Hall–Kier alpha value is 0.298. The van der Waals surface area contributed by atoms with E-state index in [-0.39, 0.29) is 11.2 Å². The third-order valence-corrected chi connectivity index (χ3v) is 80.3. The van der Waals surface area contributed by atoms with Crippen LogP contribution < -0.4 is 0 Å². The lowest BCUT2D eigenvalue weighted by molar-refractivity contribution is -0.134. The van der Waals surface area contributed by atoms with Gasteiger partial charge in [0.1, 0.15) is 0 Å². The number of carbonyl (C=O) groups is 1. The smallest absolute Gasteiger partial charge is 0.289 e. The third-order valence-electron chi connectivity index (χ3n) is 11.1. The van der Waals surface area contributed by atoms with Gasteiger partial charge in [0, 0.05) is 6.92 Å². The first-order valence-corrected chi connectivity index (χ1v) is 26.9. The van der Waals surface area contributed by atoms with Gasteiger partial charge in [0.25, 0.3) is 13.8 Å². The second kappa shape index (κ2) is 11.7. The van der Waals surface area contributed by atoms with E-state index in [9.17, 15) is 4.79 Å². The van der Waals surface area contributed by atoms with Gasteiger partial charge in [-0.25, -0.2) is 0 Å². The summed E-state index contributed by atoms with van der Waals surface area (Å²) in [5.74, 6) is 0.522. The molecule has 1 saturated heterocycles. The Morgan fingerprint density at radius 2 is 0.865 bits per heavy atom. The summed E-state index contributed by atoms with van der Waals surface area (Å²) in [6, 6.07) is 0. The lowest BCUT2D eigenvalue weighted by atomic mass is 9.95. The van der Waals surface area contributed by atoms with Crippen LogP contribution in [0.4, 0.5) is 0 Å². The van der Waals surface area contributed by atoms with Crippen LogP contribution in [0.2, 0.25) is 38.8 Å². The highest BCUT2D eigenvalue weighted by atomic mass is 29.8. The second-order valence-corrected chi connectivity index (χ2v) is 48.5. The van der Waals surface area contributed by atoms with Gasteiger partial charge in [0.2, 0.25) is 0 Å². The Morgan fingerprint density at radius 1 is 0.541 bits per heavy atom. The molecule has 0 aromatic rings. The summed E-state index contributed by atoms with van der Waals surface area (Å²) in [6.07, 6.45) is 0. The van der Waals surface area contributed by atoms with E-state index >= 15 is 0 Å². The minimum absolute atomic E-state index is 0.0634. The molecule has 1 aliphatic heterocycles. The van der Waals surface area contributed by atoms with E-state index in [0.29, 0.717) is 50.6 Å². The average Bonchev–Trinajstić information content (AvgIpc) is 2.69. The fourth-order valence-electron chi connectivity index (χ4n) is 11.5. The van der Waals surface area contributed by atoms with E-state index in [1.807, 2.05) is 0 Å². The van der Waals surface area contributed by atoms with Gasteiger partial charge in [0.05, 0.1) is 19.4 Å². The number of hydrogen-bond donors (Lipinski definition) is 0. The Balaban J connectivity index is 5.03. The van der Waals surface area contributed by atoms with E-state index in [1.54, 1.807) is 6.92 Å². The Morgan fingerprint density at radius 3 is 1.05 bits per heavy atom. The molecule has 0 aromatic carbocycles. The summed E-state index contributed by atoms with van der Waals surface area (Å²) in [7, 11) is -9.97. The highest BCUT2D eigenvalue weighted by Crippen LogP contribution is 2.71. The fraction of sp³-hybridized carbons (Fsp3) is 0.967. The predicted octanol–water partition coefficient (Wildman–Crippen LogP) is 10.1. The topological polar surface area (TPSA) is 35.5 Å². The summed E-state index contributed by atoms with van der Waals surface area (Å²) in [5.41, 5.74) is 3.65. The van der Waals surface area contributed by atoms with E-state index in [4.69, 9.17) is 8.85 Å². The normalized spacial score (nSPS) is 25.1. The minimum Gasteiger partial charge on any atom is -0.519 e. The molecule has 1 rings (SSSR count). The standard InChI is InChI=1S/C30H66O3Si4/c1-20(2)30(21(3)4)33-34(22(5)6,23(7)8)35(24(9)10,25(11)12)36(26(13)14,27(15)16)37(30,28(17)18)32-29(19)31/h20-28H,1-19H3. The van der Waals surface area contributed by atoms with Crippen LogP contribution in [0.25, 0.3) is 0 Å². The Bertz CT molecular complexity index is 754.